The van der Waals surface area contributed by atoms with Crippen molar-refractivity contribution in [3.8, 4) is 11.5 Å². The van der Waals surface area contributed by atoms with Crippen LogP contribution in [0.25, 0.3) is 10.2 Å². The van der Waals surface area contributed by atoms with E-state index in [-0.39, 0.29) is 11.5 Å². The first-order chi connectivity index (χ1) is 10.2. The predicted octanol–water partition coefficient (Wildman–Crippen LogP) is 4.04. The molecule has 1 aromatic heterocycles. The van der Waals surface area contributed by atoms with Crippen molar-refractivity contribution < 1.29 is 10.2 Å². The Labute approximate surface area is 130 Å². The van der Waals surface area contributed by atoms with Gasteiger partial charge in [-0.1, -0.05) is 11.8 Å². The number of rotatable bonds is 4. The molecule has 3 aromatic rings. The van der Waals surface area contributed by atoms with Gasteiger partial charge in [0.05, 0.1) is 10.2 Å². The molecule has 0 saturated heterocycles. The highest BCUT2D eigenvalue weighted by Crippen LogP contribution is 2.30. The molecule has 0 unspecified atom stereocenters. The first-order valence-corrected chi connectivity index (χ1v) is 8.39. The van der Waals surface area contributed by atoms with Gasteiger partial charge in [-0.3, -0.25) is 0 Å². The van der Waals surface area contributed by atoms with Gasteiger partial charge in [0, 0.05) is 23.9 Å². The average molecular weight is 318 g/mol. The molecular weight excluding hydrogens is 304 g/mol. The van der Waals surface area contributed by atoms with Gasteiger partial charge >= 0.3 is 0 Å². The first-order valence-electron chi connectivity index (χ1n) is 6.35. The number of nitrogens with one attached hydrogen (secondary N) is 1. The zero-order valence-electron chi connectivity index (χ0n) is 11.3. The van der Waals surface area contributed by atoms with Gasteiger partial charge in [0.15, 0.2) is 4.34 Å². The van der Waals surface area contributed by atoms with E-state index in [9.17, 15) is 10.2 Å². The number of thioether (sulfide) groups is 1. The van der Waals surface area contributed by atoms with Crippen LogP contribution < -0.4 is 5.32 Å². The van der Waals surface area contributed by atoms with Gasteiger partial charge in [0.25, 0.3) is 0 Å². The van der Waals surface area contributed by atoms with Gasteiger partial charge in [-0.15, -0.1) is 11.3 Å². The highest BCUT2D eigenvalue weighted by Gasteiger charge is 2.05. The van der Waals surface area contributed by atoms with Gasteiger partial charge in [-0.05, 0) is 36.6 Å². The summed E-state index contributed by atoms with van der Waals surface area (Å²) in [5.74, 6) is 0.151. The number of thiazole rings is 1. The number of hydrogen-bond acceptors (Lipinski definition) is 6. The van der Waals surface area contributed by atoms with Crippen molar-refractivity contribution in [2.45, 2.75) is 10.9 Å². The largest absolute Gasteiger partial charge is 0.508 e. The quantitative estimate of drug-likeness (QED) is 0.634. The molecule has 0 amide bonds. The average Bonchev–Trinajstić information content (AvgIpc) is 2.88. The number of benzene rings is 2. The number of phenols is 2. The van der Waals surface area contributed by atoms with Crippen molar-refractivity contribution in [1.29, 1.82) is 0 Å². The van der Waals surface area contributed by atoms with Crippen molar-refractivity contribution >= 4 is 39.0 Å². The topological polar surface area (TPSA) is 65.4 Å². The normalized spacial score (nSPS) is 10.9. The lowest BCUT2D eigenvalue weighted by Crippen LogP contribution is -1.99. The van der Waals surface area contributed by atoms with E-state index < -0.39 is 0 Å². The Morgan fingerprint density at radius 1 is 1.19 bits per heavy atom. The molecule has 0 bridgehead atoms. The fourth-order valence-electron chi connectivity index (χ4n) is 2.00. The molecule has 0 atom stereocenters. The summed E-state index contributed by atoms with van der Waals surface area (Å²) in [6.45, 7) is 0.492. The van der Waals surface area contributed by atoms with Gasteiger partial charge in [0.2, 0.25) is 0 Å². The molecular formula is C15H14N2O2S2. The maximum absolute atomic E-state index is 9.77. The van der Waals surface area contributed by atoms with E-state index >= 15 is 0 Å². The van der Waals surface area contributed by atoms with Gasteiger partial charge in [-0.2, -0.15) is 0 Å². The van der Waals surface area contributed by atoms with Crippen molar-refractivity contribution in [3.05, 3.63) is 42.0 Å². The van der Waals surface area contributed by atoms with Gasteiger partial charge in [0.1, 0.15) is 11.5 Å². The van der Waals surface area contributed by atoms with E-state index in [1.54, 1.807) is 35.2 Å². The summed E-state index contributed by atoms with van der Waals surface area (Å²) in [4.78, 5) is 4.50. The van der Waals surface area contributed by atoms with E-state index in [0.29, 0.717) is 6.54 Å². The van der Waals surface area contributed by atoms with Crippen LogP contribution in [0, 0.1) is 0 Å². The molecule has 0 spiro atoms. The lowest BCUT2D eigenvalue weighted by atomic mass is 10.2. The van der Waals surface area contributed by atoms with Crippen LogP contribution in [0.4, 0.5) is 5.69 Å². The molecule has 0 radical (unpaired) electrons. The second-order valence-electron chi connectivity index (χ2n) is 4.53. The zero-order chi connectivity index (χ0) is 14.8. The van der Waals surface area contributed by atoms with Crippen molar-refractivity contribution in [3.63, 3.8) is 0 Å². The summed E-state index contributed by atoms with van der Waals surface area (Å²) in [6, 6.07) is 10.6. The summed E-state index contributed by atoms with van der Waals surface area (Å²) in [5, 5.41) is 22.3. The summed E-state index contributed by atoms with van der Waals surface area (Å²) < 4.78 is 2.19. The molecule has 21 heavy (non-hydrogen) atoms. The minimum atomic E-state index is 0.0620. The fraction of sp³-hybridized carbons (Fsp3) is 0.133. The standard InChI is InChI=1S/C15H14N2O2S2/c1-20-15-17-12-5-3-10(6-14(12)21-15)16-8-9-2-4-11(18)7-13(9)19/h2-7,16,18-19H,8H2,1H3. The number of phenolic OH excluding ortho intramolecular Hbond substituents is 2. The highest BCUT2D eigenvalue weighted by atomic mass is 32.2. The molecule has 1 heterocycles. The molecule has 3 N–H and O–H groups in total. The van der Waals surface area contributed by atoms with Crippen LogP contribution in [-0.4, -0.2) is 21.5 Å². The maximum Gasteiger partial charge on any atom is 0.150 e. The molecule has 108 valence electrons. The van der Waals surface area contributed by atoms with E-state index in [0.717, 1.165) is 25.8 Å². The number of aromatic hydroxyl groups is 2. The van der Waals surface area contributed by atoms with Crippen LogP contribution in [0.2, 0.25) is 0 Å². The smallest absolute Gasteiger partial charge is 0.150 e. The third-order valence-corrected chi connectivity index (χ3v) is 5.10. The number of fused-ring (bicyclic) bond motifs is 1. The van der Waals surface area contributed by atoms with E-state index in [1.165, 1.54) is 6.07 Å². The number of nitrogens with zero attached hydrogens (tertiary/aromatic N) is 1. The molecule has 0 fully saturated rings. The van der Waals surface area contributed by atoms with E-state index in [2.05, 4.69) is 16.4 Å². The Kier molecular flexibility index (Phi) is 3.90. The first kappa shape index (κ1) is 14.0. The number of aromatic nitrogens is 1. The van der Waals surface area contributed by atoms with Crippen molar-refractivity contribution in [2.24, 2.45) is 0 Å². The monoisotopic (exact) mass is 318 g/mol. The van der Waals surface area contributed by atoms with Crippen molar-refractivity contribution in [1.82, 2.24) is 4.98 Å². The minimum Gasteiger partial charge on any atom is -0.508 e. The Morgan fingerprint density at radius 2 is 2.05 bits per heavy atom. The zero-order valence-corrected chi connectivity index (χ0v) is 13.0. The predicted molar refractivity (Wildman–Crippen MR) is 88.5 cm³/mol. The van der Waals surface area contributed by atoms with Gasteiger partial charge in [-0.25, -0.2) is 4.98 Å². The van der Waals surface area contributed by atoms with Crippen LogP contribution in [-0.2, 0) is 6.54 Å². The highest BCUT2D eigenvalue weighted by molar-refractivity contribution is 8.00. The summed E-state index contributed by atoms with van der Waals surface area (Å²) in [5.41, 5.74) is 2.72. The maximum atomic E-state index is 9.77. The molecule has 2 aromatic carbocycles. The molecule has 0 saturated carbocycles. The van der Waals surface area contributed by atoms with Crippen molar-refractivity contribution in [2.75, 3.05) is 11.6 Å². The third kappa shape index (κ3) is 3.06. The van der Waals surface area contributed by atoms with Crippen LogP contribution in [0.5, 0.6) is 11.5 Å². The Morgan fingerprint density at radius 3 is 2.81 bits per heavy atom. The van der Waals surface area contributed by atoms with Crippen LogP contribution in [0.1, 0.15) is 5.56 Å². The number of hydrogen-bond donors (Lipinski definition) is 3. The van der Waals surface area contributed by atoms with Crippen LogP contribution >= 0.6 is 23.1 Å². The second-order valence-corrected chi connectivity index (χ2v) is 6.62. The molecule has 3 rings (SSSR count). The van der Waals surface area contributed by atoms with E-state index in [4.69, 9.17) is 0 Å². The Bertz CT molecular complexity index is 786. The van der Waals surface area contributed by atoms with Crippen LogP contribution in [0.15, 0.2) is 40.7 Å². The Hall–Kier alpha value is -1.92. The van der Waals surface area contributed by atoms with E-state index in [1.807, 2.05) is 18.4 Å². The fourth-order valence-corrected chi connectivity index (χ4v) is 3.53. The molecule has 6 heteroatoms. The second kappa shape index (κ2) is 5.83. The van der Waals surface area contributed by atoms with Gasteiger partial charge < -0.3 is 15.5 Å². The Balaban J connectivity index is 1.78. The van der Waals surface area contributed by atoms with Crippen LogP contribution in [0.3, 0.4) is 0 Å². The summed E-state index contributed by atoms with van der Waals surface area (Å²) in [6.07, 6.45) is 2.02. The summed E-state index contributed by atoms with van der Waals surface area (Å²) in [7, 11) is 0. The molecule has 0 aliphatic heterocycles. The lowest BCUT2D eigenvalue weighted by Gasteiger charge is -2.08. The number of anilines is 1. The molecule has 0 aliphatic rings. The summed E-state index contributed by atoms with van der Waals surface area (Å²) >= 11 is 3.31. The minimum absolute atomic E-state index is 0.0620. The SMILES string of the molecule is CSc1nc2ccc(NCc3ccc(O)cc3O)cc2s1. The third-order valence-electron chi connectivity index (χ3n) is 3.10. The molecule has 0 aliphatic carbocycles. The molecule has 4 nitrogen and oxygen atoms in total. The lowest BCUT2D eigenvalue weighted by molar-refractivity contribution is 0.446.